The highest BCUT2D eigenvalue weighted by molar-refractivity contribution is 7.92. The lowest BCUT2D eigenvalue weighted by Crippen LogP contribution is -2.42. The maximum atomic E-state index is 13.6. The van der Waals surface area contributed by atoms with Crippen molar-refractivity contribution in [1.82, 2.24) is 5.32 Å². The number of ether oxygens (including phenoxy) is 1. The van der Waals surface area contributed by atoms with E-state index in [1.54, 1.807) is 19.2 Å². The molecule has 0 aliphatic rings. The van der Waals surface area contributed by atoms with E-state index in [4.69, 9.17) is 16.3 Å². The highest BCUT2D eigenvalue weighted by Gasteiger charge is 2.29. The van der Waals surface area contributed by atoms with Gasteiger partial charge in [0.05, 0.1) is 23.7 Å². The van der Waals surface area contributed by atoms with Gasteiger partial charge in [-0.05, 0) is 73.4 Å². The Morgan fingerprint density at radius 3 is 2.29 bits per heavy atom. The number of carbonyl (C=O) groups excluding carboxylic acids is 1. The summed E-state index contributed by atoms with van der Waals surface area (Å²) >= 11 is 5.95. The number of nitrogens with zero attached hydrogens (tertiary/aromatic N) is 1. The van der Waals surface area contributed by atoms with Crippen molar-refractivity contribution in [2.24, 2.45) is 0 Å². The topological polar surface area (TPSA) is 75.7 Å². The van der Waals surface area contributed by atoms with Gasteiger partial charge in [0.1, 0.15) is 12.3 Å². The predicted octanol–water partition coefficient (Wildman–Crippen LogP) is 5.43. The summed E-state index contributed by atoms with van der Waals surface area (Å²) in [7, 11) is -2.40. The maximum Gasteiger partial charge on any atom is 0.264 e. The van der Waals surface area contributed by atoms with Crippen molar-refractivity contribution < 1.29 is 17.9 Å². The fraction of sp³-hybridized carbons (Fsp3) is 0.269. The third kappa shape index (κ3) is 5.72. The van der Waals surface area contributed by atoms with Gasteiger partial charge < -0.3 is 10.1 Å². The number of carbonyl (C=O) groups is 1. The second kappa shape index (κ2) is 10.9. The van der Waals surface area contributed by atoms with Gasteiger partial charge in [0.25, 0.3) is 10.0 Å². The van der Waals surface area contributed by atoms with E-state index >= 15 is 0 Å². The molecule has 1 unspecified atom stereocenters. The highest BCUT2D eigenvalue weighted by Crippen LogP contribution is 2.28. The van der Waals surface area contributed by atoms with Crippen molar-refractivity contribution in [3.05, 3.63) is 88.4 Å². The van der Waals surface area contributed by atoms with Gasteiger partial charge in [-0.15, -0.1) is 0 Å². The van der Waals surface area contributed by atoms with E-state index < -0.39 is 15.9 Å². The van der Waals surface area contributed by atoms with E-state index in [1.165, 1.54) is 24.3 Å². The van der Waals surface area contributed by atoms with Crippen molar-refractivity contribution in [3.8, 4) is 5.75 Å². The van der Waals surface area contributed by atoms with Crippen LogP contribution in [0.4, 0.5) is 5.69 Å². The minimum Gasteiger partial charge on any atom is -0.496 e. The molecular formula is C26H29ClN2O4S. The zero-order chi connectivity index (χ0) is 24.9. The number of methoxy groups -OCH3 is 1. The zero-order valence-corrected chi connectivity index (χ0v) is 21.3. The largest absolute Gasteiger partial charge is 0.496 e. The summed E-state index contributed by atoms with van der Waals surface area (Å²) in [4.78, 5) is 13.2. The number of benzene rings is 3. The molecule has 0 fully saturated rings. The first kappa shape index (κ1) is 25.6. The van der Waals surface area contributed by atoms with E-state index in [0.29, 0.717) is 17.1 Å². The standard InChI is InChI=1S/C26H29ClN2O4S/c1-5-23(20-10-15-25(33-4)19(3)16-20)28-26(30)17-29(24-9-7-6-8-18(24)2)34(31,32)22-13-11-21(27)12-14-22/h6-16,23H,5,17H2,1-4H3,(H,28,30). The van der Waals surface area contributed by atoms with Gasteiger partial charge in [-0.2, -0.15) is 0 Å². The molecule has 0 saturated carbocycles. The van der Waals surface area contributed by atoms with Gasteiger partial charge in [-0.1, -0.05) is 48.9 Å². The number of nitrogens with one attached hydrogen (secondary N) is 1. The van der Waals surface area contributed by atoms with Gasteiger partial charge in [0.15, 0.2) is 0 Å². The fourth-order valence-electron chi connectivity index (χ4n) is 3.79. The lowest BCUT2D eigenvalue weighted by Gasteiger charge is -2.27. The first-order chi connectivity index (χ1) is 16.2. The van der Waals surface area contributed by atoms with Crippen LogP contribution in [-0.4, -0.2) is 28.0 Å². The number of rotatable bonds is 9. The molecular weight excluding hydrogens is 472 g/mol. The summed E-state index contributed by atoms with van der Waals surface area (Å²) in [5.74, 6) is 0.367. The molecule has 34 heavy (non-hydrogen) atoms. The second-order valence-electron chi connectivity index (χ2n) is 8.01. The van der Waals surface area contributed by atoms with E-state index in [2.05, 4.69) is 5.32 Å². The third-order valence-electron chi connectivity index (χ3n) is 5.64. The average molecular weight is 501 g/mol. The number of anilines is 1. The predicted molar refractivity (Wildman–Crippen MR) is 136 cm³/mol. The monoisotopic (exact) mass is 500 g/mol. The van der Waals surface area contributed by atoms with Crippen LogP contribution in [0.3, 0.4) is 0 Å². The quantitative estimate of drug-likeness (QED) is 0.425. The molecule has 1 amide bonds. The molecule has 3 aromatic carbocycles. The molecule has 6 nitrogen and oxygen atoms in total. The lowest BCUT2D eigenvalue weighted by molar-refractivity contribution is -0.120. The highest BCUT2D eigenvalue weighted by atomic mass is 35.5. The molecule has 3 aromatic rings. The van der Waals surface area contributed by atoms with Crippen LogP contribution in [0.2, 0.25) is 5.02 Å². The van der Waals surface area contributed by atoms with Crippen LogP contribution < -0.4 is 14.4 Å². The SMILES string of the molecule is CCC(NC(=O)CN(c1ccccc1C)S(=O)(=O)c1ccc(Cl)cc1)c1ccc(OC)c(C)c1. The van der Waals surface area contributed by atoms with Crippen molar-refractivity contribution in [3.63, 3.8) is 0 Å². The van der Waals surface area contributed by atoms with Crippen LogP contribution in [0.25, 0.3) is 0 Å². The van der Waals surface area contributed by atoms with Crippen LogP contribution in [0.15, 0.2) is 71.6 Å². The van der Waals surface area contributed by atoms with E-state index in [0.717, 1.165) is 26.7 Å². The maximum absolute atomic E-state index is 13.6. The Balaban J connectivity index is 1.91. The van der Waals surface area contributed by atoms with Crippen molar-refractivity contribution >= 4 is 33.2 Å². The number of para-hydroxylation sites is 1. The first-order valence-electron chi connectivity index (χ1n) is 10.9. The second-order valence-corrected chi connectivity index (χ2v) is 10.3. The first-order valence-corrected chi connectivity index (χ1v) is 12.8. The van der Waals surface area contributed by atoms with Crippen molar-refractivity contribution in [2.45, 2.75) is 38.1 Å². The Hall–Kier alpha value is -3.03. The Labute approximate surface area is 206 Å². The zero-order valence-electron chi connectivity index (χ0n) is 19.7. The molecule has 0 aliphatic heterocycles. The third-order valence-corrected chi connectivity index (χ3v) is 7.66. The Kier molecular flexibility index (Phi) is 8.23. The number of halogens is 1. The van der Waals surface area contributed by atoms with Crippen LogP contribution in [0.1, 0.15) is 36.1 Å². The molecule has 0 radical (unpaired) electrons. The summed E-state index contributed by atoms with van der Waals surface area (Å²) in [6.45, 7) is 5.36. The van der Waals surface area contributed by atoms with Gasteiger partial charge in [-0.3, -0.25) is 9.10 Å². The van der Waals surface area contributed by atoms with E-state index in [9.17, 15) is 13.2 Å². The Bertz CT molecular complexity index is 1260. The molecule has 0 saturated heterocycles. The van der Waals surface area contributed by atoms with Crippen LogP contribution in [0.5, 0.6) is 5.75 Å². The smallest absolute Gasteiger partial charge is 0.264 e. The fourth-order valence-corrected chi connectivity index (χ4v) is 5.40. The lowest BCUT2D eigenvalue weighted by atomic mass is 10.0. The minimum atomic E-state index is -4.01. The van der Waals surface area contributed by atoms with Crippen LogP contribution in [0, 0.1) is 13.8 Å². The number of aryl methyl sites for hydroxylation is 2. The molecule has 8 heteroatoms. The van der Waals surface area contributed by atoms with E-state index in [1.807, 2.05) is 51.1 Å². The van der Waals surface area contributed by atoms with Crippen molar-refractivity contribution in [1.29, 1.82) is 0 Å². The molecule has 1 atom stereocenters. The summed E-state index contributed by atoms with van der Waals surface area (Å²) in [6, 6.07) is 18.5. The molecule has 1 N–H and O–H groups in total. The molecule has 180 valence electrons. The summed E-state index contributed by atoms with van der Waals surface area (Å²) in [5.41, 5.74) is 3.07. The van der Waals surface area contributed by atoms with Crippen molar-refractivity contribution in [2.75, 3.05) is 18.0 Å². The molecule has 0 spiro atoms. The number of hydrogen-bond donors (Lipinski definition) is 1. The molecule has 0 heterocycles. The van der Waals surface area contributed by atoms with Crippen LogP contribution in [-0.2, 0) is 14.8 Å². The van der Waals surface area contributed by atoms with Gasteiger partial charge in [0, 0.05) is 5.02 Å². The minimum absolute atomic E-state index is 0.0609. The summed E-state index contributed by atoms with van der Waals surface area (Å²) in [5, 5.41) is 3.42. The van der Waals surface area contributed by atoms with E-state index in [-0.39, 0.29) is 17.5 Å². The van der Waals surface area contributed by atoms with Crippen LogP contribution >= 0.6 is 11.6 Å². The molecule has 0 aliphatic carbocycles. The number of sulfonamides is 1. The Morgan fingerprint density at radius 1 is 1.03 bits per heavy atom. The number of hydrogen-bond acceptors (Lipinski definition) is 4. The molecule has 0 aromatic heterocycles. The Morgan fingerprint density at radius 2 is 1.71 bits per heavy atom. The van der Waals surface area contributed by atoms with Gasteiger partial charge in [0.2, 0.25) is 5.91 Å². The van der Waals surface area contributed by atoms with Gasteiger partial charge in [-0.25, -0.2) is 8.42 Å². The molecule has 0 bridgehead atoms. The average Bonchev–Trinajstić information content (AvgIpc) is 2.81. The van der Waals surface area contributed by atoms with Gasteiger partial charge >= 0.3 is 0 Å². The normalized spacial score (nSPS) is 12.1. The summed E-state index contributed by atoms with van der Waals surface area (Å²) in [6.07, 6.45) is 0.645. The molecule has 3 rings (SSSR count). The number of amides is 1. The summed E-state index contributed by atoms with van der Waals surface area (Å²) < 4.78 is 33.6.